The average molecular weight is 376 g/mol. The van der Waals surface area contributed by atoms with E-state index in [1.54, 1.807) is 4.90 Å². The second kappa shape index (κ2) is 6.98. The fourth-order valence-electron chi connectivity index (χ4n) is 3.33. The number of nitrogens with zero attached hydrogens (tertiary/aromatic N) is 3. The zero-order valence-corrected chi connectivity index (χ0v) is 15.2. The van der Waals surface area contributed by atoms with Crippen molar-refractivity contribution in [1.82, 2.24) is 20.0 Å². The standard InChI is InChI=1S/C18H21FN4O4/c1-12(24)21-7-9-22(10-8-21)15(25)11-23-16(26)18(2,20-17(23)27)13-3-5-14(19)6-4-13/h3-6H,7-11H2,1-2H3,(H,20,27). The van der Waals surface area contributed by atoms with Crippen LogP contribution in [0.5, 0.6) is 0 Å². The van der Waals surface area contributed by atoms with Crippen LogP contribution in [0.4, 0.5) is 9.18 Å². The van der Waals surface area contributed by atoms with Gasteiger partial charge in [-0.2, -0.15) is 0 Å². The molecule has 1 aromatic rings. The number of urea groups is 1. The van der Waals surface area contributed by atoms with Gasteiger partial charge < -0.3 is 15.1 Å². The minimum Gasteiger partial charge on any atom is -0.339 e. The predicted octanol–water partition coefficient (Wildman–Crippen LogP) is 0.283. The monoisotopic (exact) mass is 376 g/mol. The number of hydrogen-bond donors (Lipinski definition) is 1. The summed E-state index contributed by atoms with van der Waals surface area (Å²) in [7, 11) is 0. The van der Waals surface area contributed by atoms with Crippen LogP contribution in [-0.2, 0) is 19.9 Å². The van der Waals surface area contributed by atoms with E-state index in [-0.39, 0.29) is 18.4 Å². The van der Waals surface area contributed by atoms with Crippen molar-refractivity contribution in [3.05, 3.63) is 35.6 Å². The van der Waals surface area contributed by atoms with E-state index in [0.29, 0.717) is 31.7 Å². The molecule has 2 heterocycles. The van der Waals surface area contributed by atoms with Gasteiger partial charge in [-0.3, -0.25) is 19.3 Å². The van der Waals surface area contributed by atoms with Crippen molar-refractivity contribution >= 4 is 23.8 Å². The number of imide groups is 1. The molecule has 3 rings (SSSR count). The van der Waals surface area contributed by atoms with Crippen molar-refractivity contribution < 1.29 is 23.6 Å². The Bertz CT molecular complexity index is 789. The summed E-state index contributed by atoms with van der Waals surface area (Å²) in [4.78, 5) is 53.0. The molecule has 2 fully saturated rings. The van der Waals surface area contributed by atoms with Gasteiger partial charge in [0.1, 0.15) is 17.9 Å². The lowest BCUT2D eigenvalue weighted by molar-refractivity contribution is -0.141. The topological polar surface area (TPSA) is 90.0 Å². The van der Waals surface area contributed by atoms with Crippen LogP contribution >= 0.6 is 0 Å². The first-order valence-corrected chi connectivity index (χ1v) is 8.66. The molecule has 1 unspecified atom stereocenters. The summed E-state index contributed by atoms with van der Waals surface area (Å²) < 4.78 is 13.1. The van der Waals surface area contributed by atoms with Gasteiger partial charge >= 0.3 is 6.03 Å². The number of carbonyl (C=O) groups excluding carboxylic acids is 4. The van der Waals surface area contributed by atoms with Gasteiger partial charge in [0, 0.05) is 33.1 Å². The van der Waals surface area contributed by atoms with Crippen molar-refractivity contribution in [1.29, 1.82) is 0 Å². The normalized spacial score (nSPS) is 22.9. The number of halogens is 1. The SMILES string of the molecule is CC(=O)N1CCN(C(=O)CN2C(=O)NC(C)(c3ccc(F)cc3)C2=O)CC1. The second-order valence-corrected chi connectivity index (χ2v) is 6.84. The summed E-state index contributed by atoms with van der Waals surface area (Å²) in [5, 5.41) is 2.59. The zero-order valence-electron chi connectivity index (χ0n) is 15.2. The first-order chi connectivity index (χ1) is 12.7. The largest absolute Gasteiger partial charge is 0.339 e. The van der Waals surface area contributed by atoms with E-state index in [2.05, 4.69) is 5.32 Å². The fraction of sp³-hybridized carbons (Fsp3) is 0.444. The maximum atomic E-state index is 13.1. The molecule has 9 heteroatoms. The number of carbonyl (C=O) groups is 4. The van der Waals surface area contributed by atoms with Crippen molar-refractivity contribution in [3.63, 3.8) is 0 Å². The first kappa shape index (κ1) is 18.8. The van der Waals surface area contributed by atoms with Crippen molar-refractivity contribution in [3.8, 4) is 0 Å². The Labute approximate surface area is 155 Å². The highest BCUT2D eigenvalue weighted by Gasteiger charge is 2.49. The van der Waals surface area contributed by atoms with Crippen molar-refractivity contribution in [2.24, 2.45) is 0 Å². The maximum absolute atomic E-state index is 13.1. The molecule has 144 valence electrons. The molecule has 1 aromatic carbocycles. The van der Waals surface area contributed by atoms with Gasteiger partial charge in [-0.05, 0) is 24.6 Å². The molecule has 0 saturated carbocycles. The van der Waals surface area contributed by atoms with Crippen LogP contribution in [0, 0.1) is 5.82 Å². The Morgan fingerprint density at radius 1 is 1.07 bits per heavy atom. The third-order valence-electron chi connectivity index (χ3n) is 5.07. The van der Waals surface area contributed by atoms with Crippen LogP contribution < -0.4 is 5.32 Å². The lowest BCUT2D eigenvalue weighted by Crippen LogP contribution is -2.53. The minimum absolute atomic E-state index is 0.0498. The van der Waals surface area contributed by atoms with Gasteiger partial charge in [0.15, 0.2) is 0 Å². The van der Waals surface area contributed by atoms with Gasteiger partial charge in [-0.15, -0.1) is 0 Å². The third kappa shape index (κ3) is 3.49. The molecule has 1 atom stereocenters. The molecule has 2 aliphatic heterocycles. The summed E-state index contributed by atoms with van der Waals surface area (Å²) >= 11 is 0. The van der Waals surface area contributed by atoms with Crippen LogP contribution in [0.2, 0.25) is 0 Å². The molecule has 2 saturated heterocycles. The van der Waals surface area contributed by atoms with E-state index in [1.807, 2.05) is 0 Å². The molecular weight excluding hydrogens is 355 g/mol. The van der Waals surface area contributed by atoms with Gasteiger partial charge in [0.25, 0.3) is 5.91 Å². The van der Waals surface area contributed by atoms with E-state index in [4.69, 9.17) is 0 Å². The lowest BCUT2D eigenvalue weighted by atomic mass is 9.92. The highest BCUT2D eigenvalue weighted by Crippen LogP contribution is 2.29. The van der Waals surface area contributed by atoms with Crippen LogP contribution in [0.3, 0.4) is 0 Å². The van der Waals surface area contributed by atoms with Gasteiger partial charge in [0.05, 0.1) is 0 Å². The van der Waals surface area contributed by atoms with E-state index in [9.17, 15) is 23.6 Å². The number of piperazine rings is 1. The van der Waals surface area contributed by atoms with Crippen LogP contribution in [0.15, 0.2) is 24.3 Å². The Balaban J connectivity index is 1.68. The number of benzene rings is 1. The van der Waals surface area contributed by atoms with E-state index < -0.39 is 23.3 Å². The molecule has 5 amide bonds. The Hall–Kier alpha value is -2.97. The number of nitrogens with one attached hydrogen (secondary N) is 1. The number of amides is 5. The molecule has 0 aliphatic carbocycles. The van der Waals surface area contributed by atoms with Gasteiger partial charge in [-0.25, -0.2) is 9.18 Å². The molecule has 1 N–H and O–H groups in total. The van der Waals surface area contributed by atoms with Crippen LogP contribution in [0.1, 0.15) is 19.4 Å². The predicted molar refractivity (Wildman–Crippen MR) is 92.8 cm³/mol. The fourth-order valence-corrected chi connectivity index (χ4v) is 3.33. The van der Waals surface area contributed by atoms with Gasteiger partial charge in [0.2, 0.25) is 11.8 Å². The minimum atomic E-state index is -1.35. The first-order valence-electron chi connectivity index (χ1n) is 8.66. The Morgan fingerprint density at radius 2 is 1.63 bits per heavy atom. The maximum Gasteiger partial charge on any atom is 0.325 e. The molecule has 27 heavy (non-hydrogen) atoms. The number of rotatable bonds is 3. The summed E-state index contributed by atoms with van der Waals surface area (Å²) in [5.74, 6) is -1.41. The third-order valence-corrected chi connectivity index (χ3v) is 5.07. The summed E-state index contributed by atoms with van der Waals surface area (Å²) in [5.41, 5.74) is -0.912. The molecule has 0 bridgehead atoms. The number of hydrogen-bond acceptors (Lipinski definition) is 4. The quantitative estimate of drug-likeness (QED) is 0.768. The van der Waals surface area contributed by atoms with Crippen LogP contribution in [0.25, 0.3) is 0 Å². The molecule has 0 spiro atoms. The summed E-state index contributed by atoms with van der Waals surface area (Å²) in [6, 6.07) is 4.62. The van der Waals surface area contributed by atoms with Crippen molar-refractivity contribution in [2.75, 3.05) is 32.7 Å². The van der Waals surface area contributed by atoms with Crippen LogP contribution in [-0.4, -0.2) is 71.2 Å². The van der Waals surface area contributed by atoms with E-state index in [0.717, 1.165) is 4.90 Å². The molecule has 8 nitrogen and oxygen atoms in total. The summed E-state index contributed by atoms with van der Waals surface area (Å²) in [6.07, 6.45) is 0. The van der Waals surface area contributed by atoms with E-state index in [1.165, 1.54) is 43.0 Å². The molecule has 0 radical (unpaired) electrons. The molecule has 2 aliphatic rings. The van der Waals surface area contributed by atoms with Gasteiger partial charge in [-0.1, -0.05) is 12.1 Å². The lowest BCUT2D eigenvalue weighted by Gasteiger charge is -2.34. The summed E-state index contributed by atoms with van der Waals surface area (Å²) in [6.45, 7) is 4.19. The highest BCUT2D eigenvalue weighted by molar-refractivity contribution is 6.09. The second-order valence-electron chi connectivity index (χ2n) is 6.84. The zero-order chi connectivity index (χ0) is 19.8. The Morgan fingerprint density at radius 3 is 2.19 bits per heavy atom. The van der Waals surface area contributed by atoms with E-state index >= 15 is 0 Å². The van der Waals surface area contributed by atoms with Crippen molar-refractivity contribution in [2.45, 2.75) is 19.4 Å². The molecule has 0 aromatic heterocycles. The highest BCUT2D eigenvalue weighted by atomic mass is 19.1. The smallest absolute Gasteiger partial charge is 0.325 e. The Kier molecular flexibility index (Phi) is 4.86. The molecular formula is C18H21FN4O4. The average Bonchev–Trinajstić information content (AvgIpc) is 2.86.